The molecule has 1 heterocycles. The molecule has 7 heteroatoms. The molecule has 1 aromatic carbocycles. The Kier molecular flexibility index (Phi) is 5.91. The molecule has 1 fully saturated rings. The van der Waals surface area contributed by atoms with Crippen molar-refractivity contribution in [2.45, 2.75) is 51.5 Å². The van der Waals surface area contributed by atoms with Crippen molar-refractivity contribution in [1.82, 2.24) is 9.62 Å². The van der Waals surface area contributed by atoms with E-state index in [0.29, 0.717) is 13.1 Å². The zero-order valence-corrected chi connectivity index (χ0v) is 16.3. The lowest BCUT2D eigenvalue weighted by atomic mass is 9.79. The first-order valence-corrected chi connectivity index (χ1v) is 10.1. The number of nitrogens with two attached hydrogens (primary N) is 1. The van der Waals surface area contributed by atoms with Crippen LogP contribution < -0.4 is 10.5 Å². The first kappa shape index (κ1) is 19.9. The number of amides is 1. The van der Waals surface area contributed by atoms with E-state index in [9.17, 15) is 13.2 Å². The molecule has 1 aromatic rings. The van der Waals surface area contributed by atoms with Crippen molar-refractivity contribution in [1.29, 1.82) is 0 Å². The molecule has 1 unspecified atom stereocenters. The second-order valence-corrected chi connectivity index (χ2v) is 9.36. The van der Waals surface area contributed by atoms with Crippen LogP contribution >= 0.6 is 0 Å². The predicted octanol–water partition coefficient (Wildman–Crippen LogP) is 1.56. The summed E-state index contributed by atoms with van der Waals surface area (Å²) in [5.41, 5.74) is 7.94. The molecule has 0 aromatic heterocycles. The van der Waals surface area contributed by atoms with Crippen molar-refractivity contribution >= 4 is 15.9 Å². The van der Waals surface area contributed by atoms with Crippen LogP contribution in [0.3, 0.4) is 0 Å². The van der Waals surface area contributed by atoms with Crippen LogP contribution in [0.1, 0.15) is 37.8 Å². The number of carbonyl (C=O) groups excluding carboxylic acids is 1. The normalized spacial score (nSPS) is 20.5. The zero-order chi connectivity index (χ0) is 18.8. The number of nitrogens with one attached hydrogen (secondary N) is 1. The van der Waals surface area contributed by atoms with E-state index in [1.165, 1.54) is 0 Å². The summed E-state index contributed by atoms with van der Waals surface area (Å²) < 4.78 is 27.2. The Morgan fingerprint density at radius 2 is 2.00 bits per heavy atom. The topological polar surface area (TPSA) is 92.5 Å². The second-order valence-electron chi connectivity index (χ2n) is 7.59. The van der Waals surface area contributed by atoms with Crippen LogP contribution in [0.4, 0.5) is 0 Å². The van der Waals surface area contributed by atoms with Gasteiger partial charge in [0, 0.05) is 32.1 Å². The highest BCUT2D eigenvalue weighted by Gasteiger charge is 2.35. The van der Waals surface area contributed by atoms with Gasteiger partial charge in [0.15, 0.2) is 0 Å². The number of likely N-dealkylation sites (tertiary alicyclic amines) is 1. The monoisotopic (exact) mass is 367 g/mol. The number of hydrogen-bond donors (Lipinski definition) is 2. The third kappa shape index (κ3) is 4.80. The van der Waals surface area contributed by atoms with Gasteiger partial charge >= 0.3 is 0 Å². The summed E-state index contributed by atoms with van der Waals surface area (Å²) in [7, 11) is -3.60. The second kappa shape index (κ2) is 7.43. The molecule has 140 valence electrons. The van der Waals surface area contributed by atoms with Gasteiger partial charge in [-0.15, -0.1) is 0 Å². The van der Waals surface area contributed by atoms with Gasteiger partial charge in [0.05, 0.1) is 4.90 Å². The lowest BCUT2D eigenvalue weighted by molar-refractivity contribution is -0.134. The summed E-state index contributed by atoms with van der Waals surface area (Å²) in [6.07, 6.45) is 0.919. The van der Waals surface area contributed by atoms with E-state index in [1.807, 2.05) is 13.8 Å². The van der Waals surface area contributed by atoms with Gasteiger partial charge in [-0.05, 0) is 48.9 Å². The molecule has 2 rings (SSSR count). The minimum Gasteiger partial charge on any atom is -0.342 e. The van der Waals surface area contributed by atoms with Crippen molar-refractivity contribution in [3.63, 3.8) is 0 Å². The minimum absolute atomic E-state index is 0.0391. The van der Waals surface area contributed by atoms with E-state index in [1.54, 1.807) is 23.1 Å². The van der Waals surface area contributed by atoms with Gasteiger partial charge in [0.2, 0.25) is 15.9 Å². The molecule has 0 radical (unpaired) electrons. The quantitative estimate of drug-likeness (QED) is 0.826. The molecule has 1 aliphatic heterocycles. The Bertz CT molecular complexity index is 744. The van der Waals surface area contributed by atoms with E-state index in [0.717, 1.165) is 17.5 Å². The number of rotatable bonds is 5. The van der Waals surface area contributed by atoms with Gasteiger partial charge in [0.25, 0.3) is 0 Å². The fourth-order valence-electron chi connectivity index (χ4n) is 3.00. The molecule has 0 saturated carbocycles. The first-order valence-electron chi connectivity index (χ1n) is 8.63. The van der Waals surface area contributed by atoms with Crippen LogP contribution in [0.5, 0.6) is 0 Å². The first-order chi connectivity index (χ1) is 11.5. The van der Waals surface area contributed by atoms with Crippen LogP contribution in [0.15, 0.2) is 23.1 Å². The average Bonchev–Trinajstić information content (AvgIpc) is 2.52. The lowest BCUT2D eigenvalue weighted by Crippen LogP contribution is -2.54. The third-order valence-electron chi connectivity index (χ3n) is 5.08. The highest BCUT2D eigenvalue weighted by molar-refractivity contribution is 7.89. The lowest BCUT2D eigenvalue weighted by Gasteiger charge is -2.42. The fraction of sp³-hybridized carbons (Fsp3) is 0.611. The Labute approximate surface area is 150 Å². The van der Waals surface area contributed by atoms with Crippen LogP contribution in [0, 0.1) is 19.3 Å². The van der Waals surface area contributed by atoms with Crippen LogP contribution in [-0.2, 0) is 14.8 Å². The summed E-state index contributed by atoms with van der Waals surface area (Å²) in [4.78, 5) is 14.4. The molecule has 1 atom stereocenters. The Balaban J connectivity index is 1.91. The summed E-state index contributed by atoms with van der Waals surface area (Å²) in [6, 6.07) is 5.10. The van der Waals surface area contributed by atoms with Crippen LogP contribution in [0.25, 0.3) is 0 Å². The van der Waals surface area contributed by atoms with Crippen molar-refractivity contribution < 1.29 is 13.2 Å². The maximum absolute atomic E-state index is 12.4. The number of hydrogen-bond acceptors (Lipinski definition) is 4. The van der Waals surface area contributed by atoms with Crippen molar-refractivity contribution in [3.8, 4) is 0 Å². The standard InChI is InChI=1S/C18H29N3O3S/c1-13-5-6-15(11-14(13)2)25(23,24)20-9-7-17(22)21-10-8-16(19)18(3,4)12-21/h5-6,11,16,20H,7-10,12,19H2,1-4H3. The number of sulfonamides is 1. The van der Waals surface area contributed by atoms with E-state index >= 15 is 0 Å². The molecule has 0 bridgehead atoms. The van der Waals surface area contributed by atoms with Crippen molar-refractivity contribution in [2.24, 2.45) is 11.1 Å². The molecule has 3 N–H and O–H groups in total. The zero-order valence-electron chi connectivity index (χ0n) is 15.5. The Morgan fingerprint density at radius 3 is 2.60 bits per heavy atom. The smallest absolute Gasteiger partial charge is 0.240 e. The molecule has 1 saturated heterocycles. The number of nitrogens with zero attached hydrogens (tertiary/aromatic N) is 1. The van der Waals surface area contributed by atoms with E-state index < -0.39 is 10.0 Å². The van der Waals surface area contributed by atoms with E-state index in [4.69, 9.17) is 5.73 Å². The number of aryl methyl sites for hydroxylation is 2. The Morgan fingerprint density at radius 1 is 1.32 bits per heavy atom. The fourth-order valence-corrected chi connectivity index (χ4v) is 4.12. The number of carbonyl (C=O) groups is 1. The van der Waals surface area contributed by atoms with Gasteiger partial charge in [-0.2, -0.15) is 0 Å². The summed E-state index contributed by atoms with van der Waals surface area (Å²) in [5.74, 6) is -0.0391. The molecule has 0 aliphatic carbocycles. The van der Waals surface area contributed by atoms with Gasteiger partial charge in [-0.1, -0.05) is 19.9 Å². The maximum atomic E-state index is 12.4. The summed E-state index contributed by atoms with van der Waals surface area (Å²) >= 11 is 0. The van der Waals surface area contributed by atoms with Gasteiger partial charge in [-0.25, -0.2) is 13.1 Å². The van der Waals surface area contributed by atoms with E-state index in [2.05, 4.69) is 18.6 Å². The Hall–Kier alpha value is -1.44. The highest BCUT2D eigenvalue weighted by Crippen LogP contribution is 2.27. The van der Waals surface area contributed by atoms with Crippen LogP contribution in [0.2, 0.25) is 0 Å². The van der Waals surface area contributed by atoms with E-state index in [-0.39, 0.29) is 35.2 Å². The summed E-state index contributed by atoms with van der Waals surface area (Å²) in [5, 5.41) is 0. The van der Waals surface area contributed by atoms with Gasteiger partial charge in [-0.3, -0.25) is 4.79 Å². The molecular weight excluding hydrogens is 338 g/mol. The molecule has 1 aliphatic rings. The molecule has 0 spiro atoms. The largest absolute Gasteiger partial charge is 0.342 e. The predicted molar refractivity (Wildman–Crippen MR) is 98.7 cm³/mol. The van der Waals surface area contributed by atoms with Gasteiger partial charge < -0.3 is 10.6 Å². The average molecular weight is 368 g/mol. The van der Waals surface area contributed by atoms with Gasteiger partial charge in [0.1, 0.15) is 0 Å². The SMILES string of the molecule is Cc1ccc(S(=O)(=O)NCCC(=O)N2CCC(N)C(C)(C)C2)cc1C. The minimum atomic E-state index is -3.60. The van der Waals surface area contributed by atoms with Crippen molar-refractivity contribution in [2.75, 3.05) is 19.6 Å². The molecule has 1 amide bonds. The summed E-state index contributed by atoms with van der Waals surface area (Å²) in [6.45, 7) is 9.25. The number of piperidine rings is 1. The molecular formula is C18H29N3O3S. The van der Waals surface area contributed by atoms with Crippen molar-refractivity contribution in [3.05, 3.63) is 29.3 Å². The number of benzene rings is 1. The molecule has 25 heavy (non-hydrogen) atoms. The third-order valence-corrected chi connectivity index (χ3v) is 6.54. The molecule has 6 nitrogen and oxygen atoms in total. The maximum Gasteiger partial charge on any atom is 0.240 e. The van der Waals surface area contributed by atoms with Crippen LogP contribution in [-0.4, -0.2) is 44.9 Å². The highest BCUT2D eigenvalue weighted by atomic mass is 32.2.